The fourth-order valence-corrected chi connectivity index (χ4v) is 3.45. The SMILES string of the molecule is O=C(O)C1=CC=C(CCCCCCCCCc2ccc(C(=O)O)cc2)CC1. The monoisotopic (exact) mass is 370 g/mol. The maximum atomic E-state index is 10.9. The first-order valence-electron chi connectivity index (χ1n) is 10.0. The predicted molar refractivity (Wildman–Crippen MR) is 107 cm³/mol. The average Bonchev–Trinajstić information content (AvgIpc) is 2.67. The Bertz CT molecular complexity index is 683. The highest BCUT2D eigenvalue weighted by molar-refractivity contribution is 5.87. The summed E-state index contributed by atoms with van der Waals surface area (Å²) in [5, 5.41) is 17.8. The number of aryl methyl sites for hydroxylation is 1. The van der Waals surface area contributed by atoms with Gasteiger partial charge in [0.1, 0.15) is 0 Å². The molecule has 0 atom stereocenters. The molecule has 0 aliphatic heterocycles. The lowest BCUT2D eigenvalue weighted by atomic mass is 9.94. The summed E-state index contributed by atoms with van der Waals surface area (Å²) in [6, 6.07) is 7.19. The topological polar surface area (TPSA) is 74.6 Å². The summed E-state index contributed by atoms with van der Waals surface area (Å²) in [7, 11) is 0. The van der Waals surface area contributed by atoms with Crippen molar-refractivity contribution in [2.24, 2.45) is 0 Å². The van der Waals surface area contributed by atoms with Crippen LogP contribution in [0.5, 0.6) is 0 Å². The number of hydrogen-bond acceptors (Lipinski definition) is 2. The summed E-state index contributed by atoms with van der Waals surface area (Å²) in [5.41, 5.74) is 3.47. The summed E-state index contributed by atoms with van der Waals surface area (Å²) in [6.07, 6.45) is 16.0. The molecule has 0 heterocycles. The van der Waals surface area contributed by atoms with Crippen molar-refractivity contribution in [1.29, 1.82) is 0 Å². The van der Waals surface area contributed by atoms with Crippen LogP contribution in [0.1, 0.15) is 80.1 Å². The maximum Gasteiger partial charge on any atom is 0.335 e. The van der Waals surface area contributed by atoms with Crippen molar-refractivity contribution in [3.05, 3.63) is 58.7 Å². The maximum absolute atomic E-state index is 10.9. The van der Waals surface area contributed by atoms with Crippen molar-refractivity contribution in [3.63, 3.8) is 0 Å². The van der Waals surface area contributed by atoms with Gasteiger partial charge in [0.05, 0.1) is 5.56 Å². The van der Waals surface area contributed by atoms with Gasteiger partial charge in [-0.15, -0.1) is 0 Å². The van der Waals surface area contributed by atoms with Gasteiger partial charge in [-0.25, -0.2) is 9.59 Å². The van der Waals surface area contributed by atoms with Gasteiger partial charge >= 0.3 is 11.9 Å². The Hall–Kier alpha value is -2.36. The number of allylic oxidation sites excluding steroid dienone is 3. The second-order valence-corrected chi connectivity index (χ2v) is 7.30. The first-order chi connectivity index (χ1) is 13.1. The normalized spacial score (nSPS) is 13.8. The van der Waals surface area contributed by atoms with Crippen LogP contribution in [0.15, 0.2) is 47.6 Å². The average molecular weight is 370 g/mol. The van der Waals surface area contributed by atoms with Crippen molar-refractivity contribution in [2.75, 3.05) is 0 Å². The van der Waals surface area contributed by atoms with Gasteiger partial charge in [0.25, 0.3) is 0 Å². The molecule has 0 fully saturated rings. The van der Waals surface area contributed by atoms with E-state index in [0.717, 1.165) is 25.7 Å². The van der Waals surface area contributed by atoms with Gasteiger partial charge in [-0.1, -0.05) is 62.0 Å². The van der Waals surface area contributed by atoms with Crippen LogP contribution in [0.25, 0.3) is 0 Å². The molecule has 2 N–H and O–H groups in total. The van der Waals surface area contributed by atoms with E-state index in [2.05, 4.69) is 0 Å². The van der Waals surface area contributed by atoms with Crippen LogP contribution in [-0.2, 0) is 11.2 Å². The Morgan fingerprint density at radius 3 is 1.81 bits per heavy atom. The lowest BCUT2D eigenvalue weighted by Crippen LogP contribution is -2.04. The van der Waals surface area contributed by atoms with E-state index in [9.17, 15) is 9.59 Å². The molecule has 0 radical (unpaired) electrons. The van der Waals surface area contributed by atoms with Gasteiger partial charge in [-0.2, -0.15) is 0 Å². The van der Waals surface area contributed by atoms with E-state index in [4.69, 9.17) is 10.2 Å². The summed E-state index contributed by atoms with van der Waals surface area (Å²) < 4.78 is 0. The first kappa shape index (κ1) is 20.9. The largest absolute Gasteiger partial charge is 0.478 e. The second-order valence-electron chi connectivity index (χ2n) is 7.30. The van der Waals surface area contributed by atoms with E-state index in [1.54, 1.807) is 18.2 Å². The van der Waals surface area contributed by atoms with Crippen LogP contribution >= 0.6 is 0 Å². The molecule has 1 aromatic carbocycles. The van der Waals surface area contributed by atoms with Crippen LogP contribution in [0.3, 0.4) is 0 Å². The zero-order chi connectivity index (χ0) is 19.5. The molecule has 1 aromatic rings. The molecule has 1 aliphatic rings. The van der Waals surface area contributed by atoms with Crippen LogP contribution in [-0.4, -0.2) is 22.2 Å². The van der Waals surface area contributed by atoms with E-state index >= 15 is 0 Å². The molecule has 0 aromatic heterocycles. The minimum absolute atomic E-state index is 0.348. The van der Waals surface area contributed by atoms with Crippen LogP contribution < -0.4 is 0 Å². The van der Waals surface area contributed by atoms with Crippen LogP contribution in [0, 0.1) is 0 Å². The van der Waals surface area contributed by atoms with E-state index in [1.807, 2.05) is 18.2 Å². The third-order valence-electron chi connectivity index (χ3n) is 5.17. The van der Waals surface area contributed by atoms with Crippen molar-refractivity contribution in [2.45, 2.75) is 70.6 Å². The Morgan fingerprint density at radius 2 is 1.30 bits per heavy atom. The molecule has 4 heteroatoms. The van der Waals surface area contributed by atoms with Crippen LogP contribution in [0.4, 0.5) is 0 Å². The van der Waals surface area contributed by atoms with E-state index in [-0.39, 0.29) is 0 Å². The molecule has 0 bridgehead atoms. The number of benzene rings is 1. The molecule has 0 unspecified atom stereocenters. The number of aliphatic carboxylic acids is 1. The molecule has 1 aliphatic carbocycles. The van der Waals surface area contributed by atoms with Gasteiger partial charge in [-0.3, -0.25) is 0 Å². The Labute approximate surface area is 161 Å². The number of rotatable bonds is 12. The van der Waals surface area contributed by atoms with Gasteiger partial charge < -0.3 is 10.2 Å². The smallest absolute Gasteiger partial charge is 0.335 e. The molecular formula is C23H30O4. The number of hydrogen-bond donors (Lipinski definition) is 2. The molecule has 27 heavy (non-hydrogen) atoms. The summed E-state index contributed by atoms with van der Waals surface area (Å²) >= 11 is 0. The van der Waals surface area contributed by atoms with Crippen LogP contribution in [0.2, 0.25) is 0 Å². The number of carboxylic acids is 2. The summed E-state index contributed by atoms with van der Waals surface area (Å²) in [6.45, 7) is 0. The minimum Gasteiger partial charge on any atom is -0.478 e. The number of carboxylic acid groups (broad SMARTS) is 2. The van der Waals surface area contributed by atoms with Gasteiger partial charge in [-0.05, 0) is 56.2 Å². The fourth-order valence-electron chi connectivity index (χ4n) is 3.45. The highest BCUT2D eigenvalue weighted by Gasteiger charge is 2.11. The second kappa shape index (κ2) is 11.4. The zero-order valence-electron chi connectivity index (χ0n) is 16.0. The van der Waals surface area contributed by atoms with Crippen molar-refractivity contribution in [1.82, 2.24) is 0 Å². The third kappa shape index (κ3) is 7.81. The number of aromatic carboxylic acids is 1. The number of carbonyl (C=O) groups is 2. The highest BCUT2D eigenvalue weighted by Crippen LogP contribution is 2.23. The molecule has 0 saturated carbocycles. The van der Waals surface area contributed by atoms with Gasteiger partial charge in [0, 0.05) is 5.57 Å². The van der Waals surface area contributed by atoms with Gasteiger partial charge in [0.15, 0.2) is 0 Å². The Balaban J connectivity index is 1.47. The lowest BCUT2D eigenvalue weighted by molar-refractivity contribution is -0.132. The van der Waals surface area contributed by atoms with E-state index in [0.29, 0.717) is 17.6 Å². The standard InChI is InChI=1S/C23H30O4/c24-22(25)20-14-10-18(11-15-20)8-6-4-2-1-3-5-7-9-19-12-16-21(17-13-19)23(26)27/h10-12,14-16H,1-9,13,17H2,(H,24,25)(H,26,27). The van der Waals surface area contributed by atoms with Gasteiger partial charge in [0.2, 0.25) is 0 Å². The van der Waals surface area contributed by atoms with Crippen molar-refractivity contribution in [3.8, 4) is 0 Å². The third-order valence-corrected chi connectivity index (χ3v) is 5.17. The lowest BCUT2D eigenvalue weighted by Gasteiger charge is -2.12. The Kier molecular flexibility index (Phi) is 8.82. The Morgan fingerprint density at radius 1 is 0.704 bits per heavy atom. The van der Waals surface area contributed by atoms with E-state index < -0.39 is 11.9 Å². The molecule has 0 amide bonds. The molecule has 146 valence electrons. The molecule has 4 nitrogen and oxygen atoms in total. The van der Waals surface area contributed by atoms with E-state index in [1.165, 1.54) is 49.7 Å². The first-order valence-corrected chi connectivity index (χ1v) is 10.0. The minimum atomic E-state index is -0.872. The molecular weight excluding hydrogens is 340 g/mol. The summed E-state index contributed by atoms with van der Waals surface area (Å²) in [5.74, 6) is -1.66. The fraction of sp³-hybridized carbons (Fsp3) is 0.478. The number of unbranched alkanes of at least 4 members (excludes halogenated alkanes) is 6. The summed E-state index contributed by atoms with van der Waals surface area (Å²) in [4.78, 5) is 21.7. The highest BCUT2D eigenvalue weighted by atomic mass is 16.4. The molecule has 0 saturated heterocycles. The zero-order valence-corrected chi connectivity index (χ0v) is 16.0. The quantitative estimate of drug-likeness (QED) is 0.457. The molecule has 2 rings (SSSR count). The van der Waals surface area contributed by atoms with Crippen molar-refractivity contribution < 1.29 is 19.8 Å². The molecule has 0 spiro atoms. The predicted octanol–water partition coefficient (Wildman–Crippen LogP) is 5.78. The van der Waals surface area contributed by atoms with Crippen molar-refractivity contribution >= 4 is 11.9 Å².